The summed E-state index contributed by atoms with van der Waals surface area (Å²) in [6.07, 6.45) is 4.58. The minimum Gasteiger partial charge on any atom is -0.317 e. The van der Waals surface area contributed by atoms with Crippen LogP contribution in [0, 0.1) is 0 Å². The summed E-state index contributed by atoms with van der Waals surface area (Å²) in [6.45, 7) is 0. The summed E-state index contributed by atoms with van der Waals surface area (Å²) < 4.78 is 0. The molecule has 1 aromatic carbocycles. The zero-order chi connectivity index (χ0) is 14.4. The van der Waals surface area contributed by atoms with Gasteiger partial charge in [-0.25, -0.2) is 0 Å². The molecule has 0 radical (unpaired) electrons. The Bertz CT molecular complexity index is 523. The smallest absolute Gasteiger partial charge is 0.0453 e. The van der Waals surface area contributed by atoms with Crippen molar-refractivity contribution in [2.45, 2.75) is 25.3 Å². The number of hydrogen-bond acceptors (Lipinski definition) is 2. The first-order valence-corrected chi connectivity index (χ1v) is 7.46. The molecule has 0 spiro atoms. The average Bonchev–Trinajstić information content (AvgIpc) is 2.47. The van der Waals surface area contributed by atoms with Gasteiger partial charge in [-0.3, -0.25) is 4.98 Å². The zero-order valence-corrected chi connectivity index (χ0v) is 13.0. The summed E-state index contributed by atoms with van der Waals surface area (Å²) in [5, 5.41) is 4.79. The summed E-state index contributed by atoms with van der Waals surface area (Å²) in [7, 11) is 1.97. The molecule has 1 heterocycles. The van der Waals surface area contributed by atoms with Crippen LogP contribution in [0.5, 0.6) is 0 Å². The molecule has 0 fully saturated rings. The molecule has 0 aliphatic carbocycles. The Morgan fingerprint density at radius 3 is 2.45 bits per heavy atom. The number of aryl methyl sites for hydroxylation is 1. The van der Waals surface area contributed by atoms with E-state index >= 15 is 0 Å². The van der Waals surface area contributed by atoms with Gasteiger partial charge in [-0.2, -0.15) is 0 Å². The standard InChI is InChI=1S/C16H18Cl2N2/c1-19-13(9-8-12-5-2-3-10-20-12)11-14-15(17)6-4-7-16(14)18/h2-7,10,13,19H,8-9,11H2,1H3. The van der Waals surface area contributed by atoms with E-state index in [9.17, 15) is 0 Å². The number of halogens is 2. The predicted octanol–water partition coefficient (Wildman–Crippen LogP) is 4.15. The molecule has 106 valence electrons. The quantitative estimate of drug-likeness (QED) is 0.867. The van der Waals surface area contributed by atoms with Gasteiger partial charge in [0, 0.05) is 28.0 Å². The van der Waals surface area contributed by atoms with Gasteiger partial charge in [-0.1, -0.05) is 35.3 Å². The highest BCUT2D eigenvalue weighted by Crippen LogP contribution is 2.26. The van der Waals surface area contributed by atoms with Gasteiger partial charge in [0.15, 0.2) is 0 Å². The van der Waals surface area contributed by atoms with Gasteiger partial charge in [0.2, 0.25) is 0 Å². The second kappa shape index (κ2) is 7.63. The molecule has 0 bridgehead atoms. The number of aromatic nitrogens is 1. The number of pyridine rings is 1. The molecule has 2 nitrogen and oxygen atoms in total. The van der Waals surface area contributed by atoms with Gasteiger partial charge >= 0.3 is 0 Å². The molecule has 0 saturated carbocycles. The van der Waals surface area contributed by atoms with Gasteiger partial charge < -0.3 is 5.32 Å². The second-order valence-electron chi connectivity index (χ2n) is 4.75. The molecule has 0 saturated heterocycles. The fourth-order valence-electron chi connectivity index (χ4n) is 2.19. The first-order chi connectivity index (χ1) is 9.70. The number of nitrogens with one attached hydrogen (secondary N) is 1. The minimum absolute atomic E-state index is 0.328. The third-order valence-electron chi connectivity index (χ3n) is 3.40. The molecule has 4 heteroatoms. The van der Waals surface area contributed by atoms with Crippen LogP contribution in [-0.4, -0.2) is 18.1 Å². The Kier molecular flexibility index (Phi) is 5.84. The van der Waals surface area contributed by atoms with Crippen molar-refractivity contribution in [2.75, 3.05) is 7.05 Å². The first kappa shape index (κ1) is 15.3. The molecule has 0 aliphatic heterocycles. The van der Waals surface area contributed by atoms with Gasteiger partial charge in [-0.15, -0.1) is 0 Å². The van der Waals surface area contributed by atoms with Crippen molar-refractivity contribution < 1.29 is 0 Å². The Labute approximate surface area is 130 Å². The van der Waals surface area contributed by atoms with Crippen molar-refractivity contribution in [2.24, 2.45) is 0 Å². The van der Waals surface area contributed by atoms with Crippen LogP contribution in [0.1, 0.15) is 17.7 Å². The number of rotatable bonds is 6. The number of hydrogen-bond donors (Lipinski definition) is 1. The maximum atomic E-state index is 6.22. The van der Waals surface area contributed by atoms with E-state index in [0.717, 1.165) is 40.6 Å². The summed E-state index contributed by atoms with van der Waals surface area (Å²) in [6, 6.07) is 12.0. The molecule has 1 N–H and O–H groups in total. The van der Waals surface area contributed by atoms with Crippen LogP contribution in [0.25, 0.3) is 0 Å². The monoisotopic (exact) mass is 308 g/mol. The Balaban J connectivity index is 1.99. The zero-order valence-electron chi connectivity index (χ0n) is 11.4. The Morgan fingerprint density at radius 2 is 1.85 bits per heavy atom. The van der Waals surface area contributed by atoms with Gasteiger partial charge in [0.05, 0.1) is 0 Å². The summed E-state index contributed by atoms with van der Waals surface area (Å²) >= 11 is 12.4. The molecule has 1 aromatic heterocycles. The number of nitrogens with zero attached hydrogens (tertiary/aromatic N) is 1. The van der Waals surface area contributed by atoms with E-state index in [0.29, 0.717) is 6.04 Å². The van der Waals surface area contributed by atoms with Crippen molar-refractivity contribution in [3.8, 4) is 0 Å². The number of likely N-dealkylation sites (N-methyl/N-ethyl adjacent to an activating group) is 1. The Morgan fingerprint density at radius 1 is 1.10 bits per heavy atom. The van der Waals surface area contributed by atoms with Crippen molar-refractivity contribution in [1.29, 1.82) is 0 Å². The lowest BCUT2D eigenvalue weighted by molar-refractivity contribution is 0.517. The molecule has 20 heavy (non-hydrogen) atoms. The predicted molar refractivity (Wildman–Crippen MR) is 85.6 cm³/mol. The highest BCUT2D eigenvalue weighted by molar-refractivity contribution is 6.36. The maximum absolute atomic E-state index is 6.22. The molecule has 1 unspecified atom stereocenters. The minimum atomic E-state index is 0.328. The van der Waals surface area contributed by atoms with E-state index in [1.54, 1.807) is 0 Å². The van der Waals surface area contributed by atoms with Crippen LogP contribution in [-0.2, 0) is 12.8 Å². The highest BCUT2D eigenvalue weighted by atomic mass is 35.5. The topological polar surface area (TPSA) is 24.9 Å². The van der Waals surface area contributed by atoms with Crippen LogP contribution in [0.15, 0.2) is 42.6 Å². The van der Waals surface area contributed by atoms with Crippen molar-refractivity contribution in [3.05, 3.63) is 63.9 Å². The third-order valence-corrected chi connectivity index (χ3v) is 4.10. The van der Waals surface area contributed by atoms with Crippen molar-refractivity contribution >= 4 is 23.2 Å². The van der Waals surface area contributed by atoms with Gasteiger partial charge in [-0.05, 0) is 56.1 Å². The molecule has 0 amide bonds. The molecule has 2 rings (SSSR count). The molecular formula is C16H18Cl2N2. The van der Waals surface area contributed by atoms with E-state index in [-0.39, 0.29) is 0 Å². The Hall–Kier alpha value is -1.09. The van der Waals surface area contributed by atoms with E-state index < -0.39 is 0 Å². The largest absolute Gasteiger partial charge is 0.317 e. The number of benzene rings is 1. The maximum Gasteiger partial charge on any atom is 0.0453 e. The van der Waals surface area contributed by atoms with Gasteiger partial charge in [0.1, 0.15) is 0 Å². The lowest BCUT2D eigenvalue weighted by atomic mass is 10.0. The normalized spacial score (nSPS) is 12.3. The fraction of sp³-hybridized carbons (Fsp3) is 0.312. The summed E-state index contributed by atoms with van der Waals surface area (Å²) in [5.74, 6) is 0. The first-order valence-electron chi connectivity index (χ1n) is 6.70. The van der Waals surface area contributed by atoms with Crippen LogP contribution in [0.4, 0.5) is 0 Å². The van der Waals surface area contributed by atoms with Crippen LogP contribution in [0.2, 0.25) is 10.0 Å². The average molecular weight is 309 g/mol. The molecule has 2 aromatic rings. The lowest BCUT2D eigenvalue weighted by Gasteiger charge is -2.17. The van der Waals surface area contributed by atoms with Crippen LogP contribution in [0.3, 0.4) is 0 Å². The van der Waals surface area contributed by atoms with Crippen molar-refractivity contribution in [1.82, 2.24) is 10.3 Å². The second-order valence-corrected chi connectivity index (χ2v) is 5.56. The summed E-state index contributed by atoms with van der Waals surface area (Å²) in [5.41, 5.74) is 2.12. The summed E-state index contributed by atoms with van der Waals surface area (Å²) in [4.78, 5) is 4.35. The molecular weight excluding hydrogens is 291 g/mol. The van der Waals surface area contributed by atoms with E-state index in [2.05, 4.69) is 16.4 Å². The van der Waals surface area contributed by atoms with E-state index in [1.807, 2.05) is 43.6 Å². The SMILES string of the molecule is CNC(CCc1ccccn1)Cc1c(Cl)cccc1Cl. The molecule has 1 atom stereocenters. The van der Waals surface area contributed by atoms with Crippen LogP contribution >= 0.6 is 23.2 Å². The fourth-order valence-corrected chi connectivity index (χ4v) is 2.74. The highest BCUT2D eigenvalue weighted by Gasteiger charge is 2.13. The van der Waals surface area contributed by atoms with Crippen molar-refractivity contribution in [3.63, 3.8) is 0 Å². The molecule has 0 aliphatic rings. The lowest BCUT2D eigenvalue weighted by Crippen LogP contribution is -2.28. The van der Waals surface area contributed by atoms with Gasteiger partial charge in [0.25, 0.3) is 0 Å². The van der Waals surface area contributed by atoms with E-state index in [4.69, 9.17) is 23.2 Å². The third kappa shape index (κ3) is 4.20. The van der Waals surface area contributed by atoms with E-state index in [1.165, 1.54) is 0 Å². The van der Waals surface area contributed by atoms with Crippen LogP contribution < -0.4 is 5.32 Å².